The number of amides is 1. The molecule has 5 heteroatoms. The zero-order chi connectivity index (χ0) is 14.7. The van der Waals surface area contributed by atoms with Crippen LogP contribution in [-0.4, -0.2) is 5.91 Å². The highest BCUT2D eigenvalue weighted by Gasteiger charge is 2.13. The van der Waals surface area contributed by atoms with Crippen LogP contribution in [0.3, 0.4) is 0 Å². The molecule has 0 unspecified atom stereocenters. The molecular formula is C15H14BrFN2O. The van der Waals surface area contributed by atoms with Crippen molar-refractivity contribution in [2.24, 2.45) is 0 Å². The molecule has 104 valence electrons. The number of nitrogens with two attached hydrogens (primary N) is 1. The smallest absolute Gasteiger partial charge is 0.258 e. The van der Waals surface area contributed by atoms with E-state index in [1.165, 1.54) is 12.1 Å². The van der Waals surface area contributed by atoms with Gasteiger partial charge in [0.2, 0.25) is 0 Å². The van der Waals surface area contributed by atoms with E-state index in [9.17, 15) is 9.18 Å². The molecule has 2 aromatic carbocycles. The summed E-state index contributed by atoms with van der Waals surface area (Å²) in [6.07, 6.45) is 0.763. The molecule has 0 fully saturated rings. The number of benzene rings is 2. The molecule has 0 aliphatic carbocycles. The number of nitrogens with one attached hydrogen (secondary N) is 1. The SMILES string of the molecule is CCc1cc(Br)ccc1NC(=O)c1ccc(N)cc1F. The van der Waals surface area contributed by atoms with Gasteiger partial charge >= 0.3 is 0 Å². The van der Waals surface area contributed by atoms with Crippen molar-refractivity contribution in [3.8, 4) is 0 Å². The lowest BCUT2D eigenvalue weighted by atomic mass is 10.1. The van der Waals surface area contributed by atoms with Crippen molar-refractivity contribution in [1.29, 1.82) is 0 Å². The highest BCUT2D eigenvalue weighted by atomic mass is 79.9. The van der Waals surface area contributed by atoms with Crippen molar-refractivity contribution in [1.82, 2.24) is 0 Å². The van der Waals surface area contributed by atoms with Gasteiger partial charge < -0.3 is 11.1 Å². The highest BCUT2D eigenvalue weighted by molar-refractivity contribution is 9.10. The Bertz CT molecular complexity index is 658. The summed E-state index contributed by atoms with van der Waals surface area (Å²) in [5, 5.41) is 2.72. The number of aryl methyl sites for hydroxylation is 1. The van der Waals surface area contributed by atoms with Gasteiger partial charge in [0, 0.05) is 15.8 Å². The molecule has 0 aliphatic heterocycles. The standard InChI is InChI=1S/C15H14BrFN2O/c1-2-9-7-10(16)3-6-14(9)19-15(20)12-5-4-11(18)8-13(12)17/h3-8H,2,18H2,1H3,(H,19,20). The molecule has 0 atom stereocenters. The zero-order valence-corrected chi connectivity index (χ0v) is 12.5. The third-order valence-electron chi connectivity index (χ3n) is 2.93. The van der Waals surface area contributed by atoms with E-state index in [1.807, 2.05) is 19.1 Å². The Morgan fingerprint density at radius 1 is 1.30 bits per heavy atom. The van der Waals surface area contributed by atoms with E-state index in [2.05, 4.69) is 21.2 Å². The molecule has 0 aliphatic rings. The van der Waals surface area contributed by atoms with Crippen molar-refractivity contribution in [3.05, 3.63) is 57.8 Å². The van der Waals surface area contributed by atoms with E-state index in [4.69, 9.17) is 5.73 Å². The fourth-order valence-electron chi connectivity index (χ4n) is 1.88. The Labute approximate surface area is 125 Å². The molecule has 0 saturated carbocycles. The molecule has 2 aromatic rings. The molecule has 0 spiro atoms. The van der Waals surface area contributed by atoms with Gasteiger partial charge in [-0.05, 0) is 48.4 Å². The summed E-state index contributed by atoms with van der Waals surface area (Å²) in [5.74, 6) is -1.11. The largest absolute Gasteiger partial charge is 0.399 e. The van der Waals surface area contributed by atoms with Crippen molar-refractivity contribution in [3.63, 3.8) is 0 Å². The predicted octanol–water partition coefficient (Wildman–Crippen LogP) is 3.99. The van der Waals surface area contributed by atoms with E-state index in [0.29, 0.717) is 5.69 Å². The number of halogens is 2. The van der Waals surface area contributed by atoms with Crippen LogP contribution in [0.1, 0.15) is 22.8 Å². The van der Waals surface area contributed by atoms with Gasteiger partial charge in [-0.3, -0.25) is 4.79 Å². The molecule has 0 heterocycles. The normalized spacial score (nSPS) is 10.3. The first-order valence-corrected chi connectivity index (χ1v) is 6.95. The summed E-state index contributed by atoms with van der Waals surface area (Å²) < 4.78 is 14.6. The fourth-order valence-corrected chi connectivity index (χ4v) is 2.29. The average molecular weight is 337 g/mol. The minimum Gasteiger partial charge on any atom is -0.399 e. The predicted molar refractivity (Wildman–Crippen MR) is 82.3 cm³/mol. The number of hydrogen-bond donors (Lipinski definition) is 2. The van der Waals surface area contributed by atoms with Crippen LogP contribution in [0.2, 0.25) is 0 Å². The van der Waals surface area contributed by atoms with Crippen molar-refractivity contribution >= 4 is 33.2 Å². The topological polar surface area (TPSA) is 55.1 Å². The number of rotatable bonds is 3. The second kappa shape index (κ2) is 6.05. The lowest BCUT2D eigenvalue weighted by molar-refractivity contribution is 0.102. The third kappa shape index (κ3) is 3.17. The first-order chi connectivity index (χ1) is 9.51. The van der Waals surface area contributed by atoms with Crippen molar-refractivity contribution in [2.45, 2.75) is 13.3 Å². The summed E-state index contributed by atoms with van der Waals surface area (Å²) in [6.45, 7) is 1.99. The van der Waals surface area contributed by atoms with E-state index in [-0.39, 0.29) is 11.3 Å². The number of anilines is 2. The van der Waals surface area contributed by atoms with Gasteiger partial charge in [0.15, 0.2) is 0 Å². The minimum absolute atomic E-state index is 0.0239. The molecular weight excluding hydrogens is 323 g/mol. The van der Waals surface area contributed by atoms with Gasteiger partial charge in [0.1, 0.15) is 5.82 Å². The van der Waals surface area contributed by atoms with Crippen molar-refractivity contribution < 1.29 is 9.18 Å². The number of carbonyl (C=O) groups excluding carboxylic acids is 1. The van der Waals surface area contributed by atoms with Gasteiger partial charge in [-0.1, -0.05) is 22.9 Å². The Kier molecular flexibility index (Phi) is 4.39. The van der Waals surface area contributed by atoms with Gasteiger partial charge in [0.05, 0.1) is 5.56 Å². The van der Waals surface area contributed by atoms with Gasteiger partial charge in [-0.2, -0.15) is 0 Å². The maximum atomic E-state index is 13.7. The van der Waals surface area contributed by atoms with Crippen LogP contribution in [0.25, 0.3) is 0 Å². The Morgan fingerprint density at radius 2 is 2.05 bits per heavy atom. The van der Waals surface area contributed by atoms with Gasteiger partial charge in [-0.15, -0.1) is 0 Å². The second-order valence-electron chi connectivity index (χ2n) is 4.35. The van der Waals surface area contributed by atoms with Crippen LogP contribution in [0.15, 0.2) is 40.9 Å². The first kappa shape index (κ1) is 14.5. The number of carbonyl (C=O) groups is 1. The second-order valence-corrected chi connectivity index (χ2v) is 5.26. The lowest BCUT2D eigenvalue weighted by Crippen LogP contribution is -2.15. The zero-order valence-electron chi connectivity index (χ0n) is 10.9. The third-order valence-corrected chi connectivity index (χ3v) is 3.43. The molecule has 2 rings (SSSR count). The Hall–Kier alpha value is -1.88. The molecule has 3 nitrogen and oxygen atoms in total. The van der Waals surface area contributed by atoms with E-state index in [0.717, 1.165) is 22.5 Å². The van der Waals surface area contributed by atoms with Crippen molar-refractivity contribution in [2.75, 3.05) is 11.1 Å². The number of hydrogen-bond acceptors (Lipinski definition) is 2. The maximum Gasteiger partial charge on any atom is 0.258 e. The van der Waals surface area contributed by atoms with Crippen LogP contribution < -0.4 is 11.1 Å². The minimum atomic E-state index is -0.627. The Balaban J connectivity index is 2.28. The van der Waals surface area contributed by atoms with Crippen LogP contribution in [0.5, 0.6) is 0 Å². The monoisotopic (exact) mass is 336 g/mol. The molecule has 20 heavy (non-hydrogen) atoms. The maximum absolute atomic E-state index is 13.7. The highest BCUT2D eigenvalue weighted by Crippen LogP contribution is 2.23. The van der Waals surface area contributed by atoms with E-state index < -0.39 is 11.7 Å². The molecule has 0 radical (unpaired) electrons. The summed E-state index contributed by atoms with van der Waals surface area (Å²) in [4.78, 5) is 12.1. The van der Waals surface area contributed by atoms with E-state index >= 15 is 0 Å². The lowest BCUT2D eigenvalue weighted by Gasteiger charge is -2.11. The fraction of sp³-hybridized carbons (Fsp3) is 0.133. The van der Waals surface area contributed by atoms with Gasteiger partial charge in [-0.25, -0.2) is 4.39 Å². The average Bonchev–Trinajstić information content (AvgIpc) is 2.40. The first-order valence-electron chi connectivity index (χ1n) is 6.16. The van der Waals surface area contributed by atoms with Gasteiger partial charge in [0.25, 0.3) is 5.91 Å². The Morgan fingerprint density at radius 3 is 2.70 bits per heavy atom. The molecule has 0 aromatic heterocycles. The van der Waals surface area contributed by atoms with Crippen LogP contribution in [-0.2, 0) is 6.42 Å². The van der Waals surface area contributed by atoms with Crippen LogP contribution in [0, 0.1) is 5.82 Å². The molecule has 0 saturated heterocycles. The summed E-state index contributed by atoms with van der Waals surface area (Å²) in [7, 11) is 0. The quantitative estimate of drug-likeness (QED) is 0.832. The molecule has 1 amide bonds. The molecule has 3 N–H and O–H groups in total. The summed E-state index contributed by atoms with van der Waals surface area (Å²) in [6, 6.07) is 9.56. The summed E-state index contributed by atoms with van der Waals surface area (Å²) in [5.41, 5.74) is 7.38. The van der Waals surface area contributed by atoms with Crippen LogP contribution in [0.4, 0.5) is 15.8 Å². The number of nitrogen functional groups attached to an aromatic ring is 1. The summed E-state index contributed by atoms with van der Waals surface area (Å²) >= 11 is 3.38. The van der Waals surface area contributed by atoms with Crippen LogP contribution >= 0.6 is 15.9 Å². The van der Waals surface area contributed by atoms with E-state index in [1.54, 1.807) is 6.07 Å². The molecule has 0 bridgehead atoms.